The Balaban J connectivity index is 1.67. The highest BCUT2D eigenvalue weighted by Gasteiger charge is 2.44. The molecule has 3 aromatic rings. The maximum atomic E-state index is 6.12. The molecule has 2 aliphatic rings. The lowest BCUT2D eigenvalue weighted by Crippen LogP contribution is -2.34. The number of hydrazone groups is 1. The molecule has 2 heterocycles. The second-order valence-electron chi connectivity index (χ2n) is 6.93. The number of ether oxygens (including phenoxy) is 1. The normalized spacial score (nSPS) is 20.8. The third kappa shape index (κ3) is 2.39. The van der Waals surface area contributed by atoms with Gasteiger partial charge in [-0.15, -0.1) is 0 Å². The number of benzene rings is 3. The van der Waals surface area contributed by atoms with Crippen LogP contribution in [-0.4, -0.2) is 12.3 Å². The molecule has 3 aromatic carbocycles. The second-order valence-corrected chi connectivity index (χ2v) is 6.93. The Kier molecular flexibility index (Phi) is 3.52. The first-order valence-electron chi connectivity index (χ1n) is 9.03. The van der Waals surface area contributed by atoms with Crippen LogP contribution < -0.4 is 9.75 Å². The predicted molar refractivity (Wildman–Crippen MR) is 105 cm³/mol. The Hall–Kier alpha value is -3.07. The fourth-order valence-electron chi connectivity index (χ4n) is 3.98. The summed E-state index contributed by atoms with van der Waals surface area (Å²) in [6, 6.07) is 27.5. The van der Waals surface area contributed by atoms with Crippen LogP contribution in [0.25, 0.3) is 0 Å². The fraction of sp³-hybridized carbons (Fsp3) is 0.174. The first-order valence-corrected chi connectivity index (χ1v) is 9.03. The summed E-state index contributed by atoms with van der Waals surface area (Å²) in [5, 5.41) is 7.25. The van der Waals surface area contributed by atoms with E-state index in [-0.39, 0.29) is 12.0 Å². The molecule has 0 radical (unpaired) electrons. The molecule has 3 heteroatoms. The number of hydrogen-bond acceptors (Lipinski definition) is 3. The number of rotatable bonds is 2. The zero-order valence-electron chi connectivity index (χ0n) is 14.7. The Labute approximate surface area is 153 Å². The van der Waals surface area contributed by atoms with Crippen LogP contribution >= 0.6 is 0 Å². The summed E-state index contributed by atoms with van der Waals surface area (Å²) in [6.45, 7) is 2.78. The lowest BCUT2D eigenvalue weighted by Gasteiger charge is -2.34. The van der Waals surface area contributed by atoms with E-state index >= 15 is 0 Å². The van der Waals surface area contributed by atoms with E-state index in [9.17, 15) is 0 Å². The van der Waals surface area contributed by atoms with Gasteiger partial charge in [-0.05, 0) is 30.7 Å². The molecule has 0 bridgehead atoms. The van der Waals surface area contributed by atoms with Gasteiger partial charge >= 0.3 is 0 Å². The van der Waals surface area contributed by atoms with Crippen molar-refractivity contribution in [3.63, 3.8) is 0 Å². The molecule has 26 heavy (non-hydrogen) atoms. The quantitative estimate of drug-likeness (QED) is 0.658. The fourth-order valence-corrected chi connectivity index (χ4v) is 3.98. The molecule has 2 aliphatic heterocycles. The van der Waals surface area contributed by atoms with Crippen molar-refractivity contribution in [2.45, 2.75) is 13.0 Å². The lowest BCUT2D eigenvalue weighted by atomic mass is 9.85. The summed E-state index contributed by atoms with van der Waals surface area (Å²) in [6.07, 6.45) is 0. The van der Waals surface area contributed by atoms with Gasteiger partial charge in [0.25, 0.3) is 0 Å². The van der Waals surface area contributed by atoms with Gasteiger partial charge in [-0.25, -0.2) is 0 Å². The third-order valence-corrected chi connectivity index (χ3v) is 5.20. The van der Waals surface area contributed by atoms with Crippen molar-refractivity contribution in [3.8, 4) is 5.75 Å². The van der Waals surface area contributed by atoms with Crippen molar-refractivity contribution in [2.75, 3.05) is 11.6 Å². The van der Waals surface area contributed by atoms with Gasteiger partial charge in [0, 0.05) is 5.56 Å². The van der Waals surface area contributed by atoms with Gasteiger partial charge in [-0.2, -0.15) is 5.10 Å². The van der Waals surface area contributed by atoms with E-state index in [2.05, 4.69) is 78.7 Å². The van der Waals surface area contributed by atoms with Crippen LogP contribution in [0.4, 0.5) is 5.69 Å². The Morgan fingerprint density at radius 3 is 2.42 bits per heavy atom. The van der Waals surface area contributed by atoms with Gasteiger partial charge in [0.1, 0.15) is 5.75 Å². The van der Waals surface area contributed by atoms with E-state index in [0.29, 0.717) is 6.61 Å². The smallest absolute Gasteiger partial charge is 0.124 e. The first-order chi connectivity index (χ1) is 12.8. The molecule has 5 rings (SSSR count). The van der Waals surface area contributed by atoms with E-state index in [4.69, 9.17) is 9.84 Å². The summed E-state index contributed by atoms with van der Waals surface area (Å²) >= 11 is 0. The van der Waals surface area contributed by atoms with Crippen molar-refractivity contribution in [1.82, 2.24) is 0 Å². The summed E-state index contributed by atoms with van der Waals surface area (Å²) in [5.41, 5.74) is 5.85. The van der Waals surface area contributed by atoms with Gasteiger partial charge in [0.15, 0.2) is 0 Å². The molecule has 2 atom stereocenters. The highest BCUT2D eigenvalue weighted by molar-refractivity contribution is 6.05. The number of para-hydroxylation sites is 1. The van der Waals surface area contributed by atoms with E-state index in [0.717, 1.165) is 17.1 Å². The molecule has 0 aliphatic carbocycles. The van der Waals surface area contributed by atoms with E-state index in [1.54, 1.807) is 0 Å². The standard InChI is InChI=1S/C23H20N2O/c1-16-12-13-21-19(14-16)23-20(15-26-21)22(17-8-4-2-5-9-17)24-25(23)18-10-6-3-7-11-18/h2-14,20,23H,15H2,1H3. The number of hydrogen-bond donors (Lipinski definition) is 0. The minimum Gasteiger partial charge on any atom is -0.492 e. The van der Waals surface area contributed by atoms with E-state index in [1.807, 2.05) is 12.1 Å². The van der Waals surface area contributed by atoms with E-state index < -0.39 is 0 Å². The first kappa shape index (κ1) is 15.2. The van der Waals surface area contributed by atoms with Crippen LogP contribution in [0, 0.1) is 12.8 Å². The molecule has 2 unspecified atom stereocenters. The highest BCUT2D eigenvalue weighted by Crippen LogP contribution is 2.46. The number of anilines is 1. The topological polar surface area (TPSA) is 24.8 Å². The van der Waals surface area contributed by atoms with Crippen LogP contribution in [-0.2, 0) is 0 Å². The van der Waals surface area contributed by atoms with Crippen LogP contribution in [0.1, 0.15) is 22.7 Å². The summed E-state index contributed by atoms with van der Waals surface area (Å²) in [5.74, 6) is 1.19. The molecule has 0 saturated heterocycles. The minimum absolute atomic E-state index is 0.163. The molecular weight excluding hydrogens is 320 g/mol. The SMILES string of the molecule is Cc1ccc2c(c1)C1C(CO2)C(c2ccccc2)=NN1c1ccccc1. The maximum Gasteiger partial charge on any atom is 0.124 e. The maximum absolute atomic E-state index is 6.12. The second kappa shape index (κ2) is 6.03. The molecule has 0 N–H and O–H groups in total. The minimum atomic E-state index is 0.163. The third-order valence-electron chi connectivity index (χ3n) is 5.20. The molecule has 3 nitrogen and oxygen atoms in total. The van der Waals surface area contributed by atoms with Crippen molar-refractivity contribution < 1.29 is 4.74 Å². The van der Waals surface area contributed by atoms with Crippen molar-refractivity contribution >= 4 is 11.4 Å². The predicted octanol–water partition coefficient (Wildman–Crippen LogP) is 4.97. The zero-order valence-corrected chi connectivity index (χ0v) is 14.7. The lowest BCUT2D eigenvalue weighted by molar-refractivity contribution is 0.239. The number of nitrogens with zero attached hydrogens (tertiary/aromatic N) is 2. The number of aryl methyl sites for hydroxylation is 1. The molecule has 0 spiro atoms. The monoisotopic (exact) mass is 340 g/mol. The largest absolute Gasteiger partial charge is 0.492 e. The van der Waals surface area contributed by atoms with Crippen molar-refractivity contribution in [3.05, 3.63) is 95.6 Å². The highest BCUT2D eigenvalue weighted by atomic mass is 16.5. The van der Waals surface area contributed by atoms with Gasteiger partial charge in [-0.1, -0.05) is 66.2 Å². The average Bonchev–Trinajstić information content (AvgIpc) is 3.09. The van der Waals surface area contributed by atoms with Crippen LogP contribution in [0.15, 0.2) is 84.0 Å². The molecule has 0 aromatic heterocycles. The summed E-state index contributed by atoms with van der Waals surface area (Å²) < 4.78 is 6.12. The van der Waals surface area contributed by atoms with Crippen LogP contribution in [0.5, 0.6) is 5.75 Å². The van der Waals surface area contributed by atoms with Gasteiger partial charge in [0.05, 0.1) is 30.0 Å². The Bertz CT molecular complexity index is 966. The van der Waals surface area contributed by atoms with Gasteiger partial charge in [0.2, 0.25) is 0 Å². The summed E-state index contributed by atoms with van der Waals surface area (Å²) in [4.78, 5) is 0. The molecular formula is C23H20N2O. The van der Waals surface area contributed by atoms with Gasteiger partial charge in [-0.3, -0.25) is 5.01 Å². The summed E-state index contributed by atoms with van der Waals surface area (Å²) in [7, 11) is 0. The van der Waals surface area contributed by atoms with Gasteiger partial charge < -0.3 is 4.74 Å². The van der Waals surface area contributed by atoms with Crippen molar-refractivity contribution in [2.24, 2.45) is 11.0 Å². The molecule has 0 saturated carbocycles. The molecule has 128 valence electrons. The van der Waals surface area contributed by atoms with Crippen LogP contribution in [0.3, 0.4) is 0 Å². The molecule has 0 amide bonds. The van der Waals surface area contributed by atoms with Crippen molar-refractivity contribution in [1.29, 1.82) is 0 Å². The molecule has 0 fully saturated rings. The van der Waals surface area contributed by atoms with Crippen LogP contribution in [0.2, 0.25) is 0 Å². The Morgan fingerprint density at radius 2 is 1.65 bits per heavy atom. The zero-order chi connectivity index (χ0) is 17.5. The van der Waals surface area contributed by atoms with E-state index in [1.165, 1.54) is 16.7 Å². The Morgan fingerprint density at radius 1 is 0.923 bits per heavy atom. The number of fused-ring (bicyclic) bond motifs is 3. The average molecular weight is 340 g/mol.